The number of benzene rings is 1. The summed E-state index contributed by atoms with van der Waals surface area (Å²) >= 11 is 0. The van der Waals surface area contributed by atoms with Gasteiger partial charge in [-0.2, -0.15) is 13.2 Å². The Morgan fingerprint density at radius 1 is 1.08 bits per heavy atom. The number of ether oxygens (including phenoxy) is 1. The monoisotopic (exact) mass is 708 g/mol. The fourth-order valence-electron chi connectivity index (χ4n) is 6.37. The molecule has 49 heavy (non-hydrogen) atoms. The third kappa shape index (κ3) is 9.92. The lowest BCUT2D eigenvalue weighted by atomic mass is 10.0. The van der Waals surface area contributed by atoms with E-state index in [4.69, 9.17) is 4.74 Å². The lowest BCUT2D eigenvalue weighted by molar-refractivity contribution is -0.141. The number of aromatic nitrogens is 1. The molecule has 10 nitrogen and oxygen atoms in total. The van der Waals surface area contributed by atoms with Gasteiger partial charge < -0.3 is 29.7 Å². The van der Waals surface area contributed by atoms with E-state index in [-0.39, 0.29) is 41.4 Å². The lowest BCUT2D eigenvalue weighted by Gasteiger charge is -2.36. The van der Waals surface area contributed by atoms with Gasteiger partial charge in [0.2, 0.25) is 5.91 Å². The van der Waals surface area contributed by atoms with Crippen LogP contribution < -0.4 is 25.9 Å². The normalized spacial score (nSPS) is 17.9. The zero-order valence-electron chi connectivity index (χ0n) is 27.9. The molecule has 0 saturated carbocycles. The molecular formula is C34H44F4N6O4S. The molecule has 3 aliphatic rings. The van der Waals surface area contributed by atoms with Gasteiger partial charge in [-0.05, 0) is 56.9 Å². The number of hydrogen-bond acceptors (Lipinski definition) is 8. The van der Waals surface area contributed by atoms with Crippen molar-refractivity contribution in [2.45, 2.75) is 49.3 Å². The van der Waals surface area contributed by atoms with E-state index in [1.54, 1.807) is 6.07 Å². The Balaban J connectivity index is 1.28. The number of hydrogen-bond donors (Lipinski definition) is 2. The van der Waals surface area contributed by atoms with Gasteiger partial charge in [0.15, 0.2) is 9.84 Å². The van der Waals surface area contributed by atoms with E-state index in [0.29, 0.717) is 35.6 Å². The second-order valence-electron chi connectivity index (χ2n) is 12.8. The van der Waals surface area contributed by atoms with E-state index < -0.39 is 29.2 Å². The molecule has 1 amide bonds. The first-order chi connectivity index (χ1) is 23.3. The smallest absolute Gasteiger partial charge is 0.406 e. The standard InChI is InChI=1S/C34H44F4N6O4S/c1-41-16-18-43(19-17-41)33(45)23-42-14-10-25(11-15-42)40-29-6-3-7-31-28(29)21-26(44(31)24-34(36,37)38)5-4-13-39-30-9-8-27(49(2,46)47)22-32(30)48-20-12-35/h7-9,21-22,25,39-40H,3,6,10-20,23-24H2,1-2H3. The number of carbonyl (C=O) groups excluding carboxylic acids is 1. The predicted molar refractivity (Wildman–Crippen MR) is 180 cm³/mol. The van der Waals surface area contributed by atoms with Gasteiger partial charge in [-0.25, -0.2) is 12.8 Å². The lowest BCUT2D eigenvalue weighted by Crippen LogP contribution is -2.52. The maximum absolute atomic E-state index is 13.7. The maximum atomic E-state index is 13.7. The summed E-state index contributed by atoms with van der Waals surface area (Å²) in [5, 5.41) is 7.80. The fraction of sp³-hybridized carbons (Fsp3) is 0.559. The molecule has 5 rings (SSSR count). The van der Waals surface area contributed by atoms with Crippen LogP contribution in [0.4, 0.5) is 23.2 Å². The average Bonchev–Trinajstić information content (AvgIpc) is 3.39. The minimum absolute atomic E-state index is 0.00679. The molecule has 15 heteroatoms. The molecule has 2 N–H and O–H groups in total. The number of likely N-dealkylation sites (N-methyl/N-ethyl adjacent to an activating group) is 1. The van der Waals surface area contributed by atoms with E-state index in [0.717, 1.165) is 64.1 Å². The van der Waals surface area contributed by atoms with Crippen molar-refractivity contribution < 1.29 is 35.5 Å². The number of piperidine rings is 1. The number of nitrogens with one attached hydrogen (secondary N) is 2. The van der Waals surface area contributed by atoms with Gasteiger partial charge >= 0.3 is 6.18 Å². The molecule has 2 aliphatic heterocycles. The number of sulfone groups is 1. The van der Waals surface area contributed by atoms with Gasteiger partial charge in [0.25, 0.3) is 0 Å². The molecule has 0 atom stereocenters. The van der Waals surface area contributed by atoms with Crippen LogP contribution in [-0.2, 0) is 21.2 Å². The number of anilines is 1. The van der Waals surface area contributed by atoms with E-state index >= 15 is 0 Å². The molecule has 2 fully saturated rings. The van der Waals surface area contributed by atoms with Crippen molar-refractivity contribution in [1.29, 1.82) is 0 Å². The number of amides is 1. The number of halogens is 4. The summed E-state index contributed by atoms with van der Waals surface area (Å²) in [7, 11) is -1.47. The van der Waals surface area contributed by atoms with Crippen molar-refractivity contribution in [3.05, 3.63) is 40.5 Å². The van der Waals surface area contributed by atoms with Crippen molar-refractivity contribution >= 4 is 33.2 Å². The van der Waals surface area contributed by atoms with Crippen LogP contribution in [0, 0.1) is 11.8 Å². The molecule has 2 aromatic rings. The number of fused-ring (bicyclic) bond motifs is 1. The van der Waals surface area contributed by atoms with E-state index in [2.05, 4.69) is 39.3 Å². The number of nitrogens with zero attached hydrogens (tertiary/aromatic N) is 4. The third-order valence-electron chi connectivity index (χ3n) is 9.01. The van der Waals surface area contributed by atoms with Crippen LogP contribution >= 0.6 is 0 Å². The second-order valence-corrected chi connectivity index (χ2v) is 14.8. The van der Waals surface area contributed by atoms with Gasteiger partial charge in [-0.3, -0.25) is 9.69 Å². The van der Waals surface area contributed by atoms with Crippen molar-refractivity contribution in [3.8, 4) is 17.6 Å². The van der Waals surface area contributed by atoms with Crippen LogP contribution in [0.25, 0.3) is 11.8 Å². The highest BCUT2D eigenvalue weighted by Gasteiger charge is 2.30. The van der Waals surface area contributed by atoms with Crippen LogP contribution in [0.2, 0.25) is 0 Å². The van der Waals surface area contributed by atoms with Crippen LogP contribution in [-0.4, -0.2) is 125 Å². The number of likely N-dealkylation sites (tertiary alicyclic amines) is 1. The Morgan fingerprint density at radius 3 is 2.49 bits per heavy atom. The highest BCUT2D eigenvalue weighted by Crippen LogP contribution is 2.28. The summed E-state index contributed by atoms with van der Waals surface area (Å²) in [5.74, 6) is 6.05. The fourth-order valence-corrected chi connectivity index (χ4v) is 7.00. The molecule has 0 radical (unpaired) electrons. The summed E-state index contributed by atoms with van der Waals surface area (Å²) in [4.78, 5) is 19.1. The first-order valence-corrected chi connectivity index (χ1v) is 18.4. The number of carbonyl (C=O) groups is 1. The Bertz CT molecular complexity index is 1780. The summed E-state index contributed by atoms with van der Waals surface area (Å²) in [6.45, 7) is 2.98. The first-order valence-electron chi connectivity index (χ1n) is 16.5. The molecule has 268 valence electrons. The molecule has 0 bridgehead atoms. The molecule has 2 saturated heterocycles. The Morgan fingerprint density at radius 2 is 1.82 bits per heavy atom. The van der Waals surface area contributed by atoms with Crippen molar-refractivity contribution in [1.82, 2.24) is 24.6 Å². The SMILES string of the molecule is CN1CCN(C(=O)CN2CCC(NC3=c4cc(C#CCNc5ccc(S(C)(=O)=O)cc5OCCF)n(CC(F)(F)F)c4=CCC3)CC2)CC1. The number of piperazine rings is 1. The van der Waals surface area contributed by atoms with Gasteiger partial charge in [-0.15, -0.1) is 0 Å². The van der Waals surface area contributed by atoms with Crippen molar-refractivity contribution in [2.24, 2.45) is 0 Å². The van der Waals surface area contributed by atoms with Crippen molar-refractivity contribution in [3.63, 3.8) is 0 Å². The molecule has 1 aromatic carbocycles. The largest absolute Gasteiger partial charge is 0.489 e. The third-order valence-corrected chi connectivity index (χ3v) is 10.1. The Hall–Kier alpha value is -3.74. The van der Waals surface area contributed by atoms with Crippen molar-refractivity contribution in [2.75, 3.05) is 84.3 Å². The average molecular weight is 709 g/mol. The molecule has 1 aromatic heterocycles. The minimum atomic E-state index is -4.46. The summed E-state index contributed by atoms with van der Waals surface area (Å²) in [6.07, 6.45) is 1.32. The molecule has 1 aliphatic carbocycles. The quantitative estimate of drug-likeness (QED) is 0.270. The van der Waals surface area contributed by atoms with Gasteiger partial charge in [0, 0.05) is 73.9 Å². The van der Waals surface area contributed by atoms with Crippen LogP contribution in [0.15, 0.2) is 29.2 Å². The van der Waals surface area contributed by atoms with Crippen LogP contribution in [0.3, 0.4) is 0 Å². The first kappa shape index (κ1) is 36.5. The maximum Gasteiger partial charge on any atom is 0.406 e. The minimum Gasteiger partial charge on any atom is -0.489 e. The summed E-state index contributed by atoms with van der Waals surface area (Å²) < 4.78 is 84.5. The van der Waals surface area contributed by atoms with E-state index in [1.165, 1.54) is 22.8 Å². The number of alkyl halides is 4. The van der Waals surface area contributed by atoms with E-state index in [1.807, 2.05) is 11.0 Å². The molecule has 0 spiro atoms. The highest BCUT2D eigenvalue weighted by molar-refractivity contribution is 7.90. The molecule has 3 heterocycles. The predicted octanol–water partition coefficient (Wildman–Crippen LogP) is 1.78. The van der Waals surface area contributed by atoms with Crippen LogP contribution in [0.5, 0.6) is 5.75 Å². The van der Waals surface area contributed by atoms with Gasteiger partial charge in [0.05, 0.1) is 29.4 Å². The number of rotatable bonds is 11. The molecular weight excluding hydrogens is 664 g/mol. The van der Waals surface area contributed by atoms with Gasteiger partial charge in [0.1, 0.15) is 25.6 Å². The van der Waals surface area contributed by atoms with E-state index in [9.17, 15) is 30.8 Å². The Labute approximate surface area is 284 Å². The second kappa shape index (κ2) is 15.9. The molecule has 0 unspecified atom stereocenters. The topological polar surface area (TPSA) is 99.2 Å². The van der Waals surface area contributed by atoms with Gasteiger partial charge in [-0.1, -0.05) is 12.0 Å². The van der Waals surface area contributed by atoms with Crippen LogP contribution in [0.1, 0.15) is 31.4 Å². The zero-order valence-corrected chi connectivity index (χ0v) is 28.7. The Kier molecular flexibility index (Phi) is 11.8. The zero-order chi connectivity index (χ0) is 35.2. The summed E-state index contributed by atoms with van der Waals surface area (Å²) in [6, 6.07) is 6.00. The summed E-state index contributed by atoms with van der Waals surface area (Å²) in [5.41, 5.74) is 1.50. The highest BCUT2D eigenvalue weighted by atomic mass is 32.2.